The van der Waals surface area contributed by atoms with Crippen LogP contribution in [0.25, 0.3) is 0 Å². The van der Waals surface area contributed by atoms with Crippen molar-refractivity contribution >= 4 is 23.5 Å². The van der Waals surface area contributed by atoms with Crippen LogP contribution in [0.4, 0.5) is 0 Å². The molecule has 0 aromatic heterocycles. The molecule has 0 spiro atoms. The van der Waals surface area contributed by atoms with E-state index in [1.54, 1.807) is 5.57 Å². The molecule has 2 saturated heterocycles. The normalized spacial score (nSPS) is 23.2. The van der Waals surface area contributed by atoms with Crippen LogP contribution in [-0.4, -0.2) is 34.6 Å². The molecule has 0 aromatic carbocycles. The van der Waals surface area contributed by atoms with E-state index < -0.39 is 0 Å². The molecule has 0 saturated carbocycles. The third kappa shape index (κ3) is 8.55. The summed E-state index contributed by atoms with van der Waals surface area (Å²) in [5.74, 6) is 3.09. The predicted octanol–water partition coefficient (Wildman–Crippen LogP) is 7.21. The molecule has 0 amide bonds. The number of ether oxygens (including phenoxy) is 2. The van der Waals surface area contributed by atoms with Gasteiger partial charge in [-0.05, 0) is 76.7 Å². The van der Waals surface area contributed by atoms with Gasteiger partial charge in [0.15, 0.2) is 5.79 Å². The zero-order valence-electron chi connectivity index (χ0n) is 18.1. The van der Waals surface area contributed by atoms with E-state index in [9.17, 15) is 0 Å². The van der Waals surface area contributed by atoms with Crippen molar-refractivity contribution in [3.63, 3.8) is 0 Å². The molecule has 2 nitrogen and oxygen atoms in total. The van der Waals surface area contributed by atoms with Crippen molar-refractivity contribution in [1.29, 1.82) is 0 Å². The van der Waals surface area contributed by atoms with Crippen LogP contribution in [0, 0.1) is 5.92 Å². The van der Waals surface area contributed by atoms with Crippen molar-refractivity contribution in [2.45, 2.75) is 89.4 Å². The first kappa shape index (κ1) is 23.4. The van der Waals surface area contributed by atoms with Crippen LogP contribution in [0.1, 0.15) is 79.6 Å². The maximum absolute atomic E-state index is 5.68. The molecule has 2 heterocycles. The Balaban J connectivity index is 1.75. The van der Waals surface area contributed by atoms with Gasteiger partial charge in [0.05, 0.1) is 17.3 Å². The van der Waals surface area contributed by atoms with E-state index in [1.807, 2.05) is 0 Å². The molecule has 2 aliphatic heterocycles. The van der Waals surface area contributed by atoms with Gasteiger partial charge in [-0.3, -0.25) is 0 Å². The molecule has 0 N–H and O–H groups in total. The highest BCUT2D eigenvalue weighted by Crippen LogP contribution is 2.50. The van der Waals surface area contributed by atoms with Gasteiger partial charge >= 0.3 is 0 Å². The second-order valence-electron chi connectivity index (χ2n) is 8.74. The Kier molecular flexibility index (Phi) is 9.81. The first-order valence-corrected chi connectivity index (χ1v) is 12.7. The predicted molar refractivity (Wildman–Crippen MR) is 123 cm³/mol. The lowest BCUT2D eigenvalue weighted by Crippen LogP contribution is -2.27. The Morgan fingerprint density at radius 2 is 1.63 bits per heavy atom. The van der Waals surface area contributed by atoms with Crippen molar-refractivity contribution in [2.24, 2.45) is 5.92 Å². The summed E-state index contributed by atoms with van der Waals surface area (Å²) in [6, 6.07) is 0. The molecule has 4 heteroatoms. The second kappa shape index (κ2) is 11.3. The highest BCUT2D eigenvalue weighted by Gasteiger charge is 2.34. The maximum Gasteiger partial charge on any atom is 0.166 e. The summed E-state index contributed by atoms with van der Waals surface area (Å²) in [7, 11) is 0. The average Bonchev–Trinajstić information content (AvgIpc) is 3.01. The molecule has 27 heavy (non-hydrogen) atoms. The number of hydrogen-bond acceptors (Lipinski definition) is 4. The lowest BCUT2D eigenvalue weighted by atomic mass is 10.0. The van der Waals surface area contributed by atoms with E-state index in [0.717, 1.165) is 44.8 Å². The van der Waals surface area contributed by atoms with Crippen LogP contribution < -0.4 is 0 Å². The molecule has 156 valence electrons. The Morgan fingerprint density at radius 3 is 2.26 bits per heavy atom. The van der Waals surface area contributed by atoms with Gasteiger partial charge < -0.3 is 9.47 Å². The van der Waals surface area contributed by atoms with Crippen LogP contribution in [0.5, 0.6) is 0 Å². The summed E-state index contributed by atoms with van der Waals surface area (Å²) in [5.41, 5.74) is 3.06. The van der Waals surface area contributed by atoms with E-state index in [0.29, 0.717) is 4.08 Å². The van der Waals surface area contributed by atoms with Gasteiger partial charge in [-0.15, -0.1) is 23.5 Å². The molecular formula is C23H40O2S2. The zero-order valence-corrected chi connectivity index (χ0v) is 19.8. The van der Waals surface area contributed by atoms with Gasteiger partial charge in [-0.25, -0.2) is 0 Å². The highest BCUT2D eigenvalue weighted by atomic mass is 32.2. The van der Waals surface area contributed by atoms with E-state index >= 15 is 0 Å². The summed E-state index contributed by atoms with van der Waals surface area (Å²) in [6.07, 6.45) is 13.1. The Bertz CT molecular complexity index is 499. The van der Waals surface area contributed by atoms with Crippen LogP contribution in [0.2, 0.25) is 0 Å². The van der Waals surface area contributed by atoms with Crippen molar-refractivity contribution < 1.29 is 9.47 Å². The summed E-state index contributed by atoms with van der Waals surface area (Å²) in [4.78, 5) is 0. The average molecular weight is 413 g/mol. The number of thioether (sulfide) groups is 2. The van der Waals surface area contributed by atoms with Crippen LogP contribution in [0.15, 0.2) is 23.3 Å². The minimum absolute atomic E-state index is 0.354. The van der Waals surface area contributed by atoms with Crippen molar-refractivity contribution in [1.82, 2.24) is 0 Å². The van der Waals surface area contributed by atoms with E-state index in [4.69, 9.17) is 9.47 Å². The molecule has 2 aliphatic rings. The van der Waals surface area contributed by atoms with Gasteiger partial charge in [0.2, 0.25) is 0 Å². The monoisotopic (exact) mass is 412 g/mol. The van der Waals surface area contributed by atoms with Crippen LogP contribution in [0.3, 0.4) is 0 Å². The molecule has 0 bridgehead atoms. The molecule has 0 atom stereocenters. The molecule has 2 fully saturated rings. The van der Waals surface area contributed by atoms with Crippen molar-refractivity contribution in [3.8, 4) is 0 Å². The highest BCUT2D eigenvalue weighted by molar-refractivity contribution is 8.18. The molecule has 0 radical (unpaired) electrons. The number of hydrogen-bond donors (Lipinski definition) is 0. The van der Waals surface area contributed by atoms with Crippen molar-refractivity contribution in [3.05, 3.63) is 23.3 Å². The van der Waals surface area contributed by atoms with Gasteiger partial charge in [-0.2, -0.15) is 0 Å². The minimum atomic E-state index is -0.354. The first-order valence-electron chi connectivity index (χ1n) is 10.7. The first-order chi connectivity index (χ1) is 12.8. The van der Waals surface area contributed by atoms with E-state index in [2.05, 4.69) is 70.3 Å². The summed E-state index contributed by atoms with van der Waals surface area (Å²) in [5, 5.41) is 0. The Labute approximate surface area is 176 Å². The Hall–Kier alpha value is 0.100. The third-order valence-electron chi connectivity index (χ3n) is 5.31. The molecule has 0 unspecified atom stereocenters. The van der Waals surface area contributed by atoms with E-state index in [1.165, 1.54) is 36.3 Å². The third-order valence-corrected chi connectivity index (χ3v) is 8.67. The Morgan fingerprint density at radius 1 is 1.00 bits per heavy atom. The quantitative estimate of drug-likeness (QED) is 0.353. The SMILES string of the molecule is CC(=CCCC1(C)OCCO1)CCC=C(C)CC1(CC(C)C)SCCCS1. The van der Waals surface area contributed by atoms with Crippen LogP contribution >= 0.6 is 23.5 Å². The van der Waals surface area contributed by atoms with Gasteiger partial charge in [0.25, 0.3) is 0 Å². The van der Waals surface area contributed by atoms with Gasteiger partial charge in [-0.1, -0.05) is 37.1 Å². The van der Waals surface area contributed by atoms with E-state index in [-0.39, 0.29) is 5.79 Å². The molecule has 2 rings (SSSR count). The van der Waals surface area contributed by atoms with Gasteiger partial charge in [0.1, 0.15) is 0 Å². The molecular weight excluding hydrogens is 372 g/mol. The van der Waals surface area contributed by atoms with Gasteiger partial charge in [0, 0.05) is 6.42 Å². The minimum Gasteiger partial charge on any atom is -0.348 e. The molecule has 0 aliphatic carbocycles. The number of rotatable bonds is 10. The topological polar surface area (TPSA) is 18.5 Å². The lowest BCUT2D eigenvalue weighted by Gasteiger charge is -2.38. The summed E-state index contributed by atoms with van der Waals surface area (Å²) in [6.45, 7) is 12.9. The van der Waals surface area contributed by atoms with Crippen LogP contribution in [-0.2, 0) is 9.47 Å². The standard InChI is InChI=1S/C23H40O2S2/c1-19(2)17-23(26-15-8-16-27-23)18-21(4)10-6-9-20(3)11-7-12-22(5)24-13-14-25-22/h10-11,19H,6-9,12-18H2,1-5H3. The van der Waals surface area contributed by atoms with Crippen molar-refractivity contribution in [2.75, 3.05) is 24.7 Å². The maximum atomic E-state index is 5.68. The fourth-order valence-corrected chi connectivity index (χ4v) is 7.86. The fourth-order valence-electron chi connectivity index (χ4n) is 3.96. The number of allylic oxidation sites excluding steroid dienone is 4. The largest absolute Gasteiger partial charge is 0.348 e. The zero-order chi connectivity index (χ0) is 19.8. The lowest BCUT2D eigenvalue weighted by molar-refractivity contribution is -0.145. The summed E-state index contributed by atoms with van der Waals surface area (Å²) < 4.78 is 11.8. The second-order valence-corrected chi connectivity index (χ2v) is 12.0. The fraction of sp³-hybridized carbons (Fsp3) is 0.826. The summed E-state index contributed by atoms with van der Waals surface area (Å²) >= 11 is 4.43. The smallest absolute Gasteiger partial charge is 0.166 e. The molecule has 0 aromatic rings.